The second-order valence-electron chi connectivity index (χ2n) is 7.67. The second kappa shape index (κ2) is 9.26. The molecular formula is C23H25FN2O4. The van der Waals surface area contributed by atoms with Crippen LogP contribution in [0.2, 0.25) is 0 Å². The Hall–Kier alpha value is -2.93. The van der Waals surface area contributed by atoms with Gasteiger partial charge in [-0.3, -0.25) is 9.59 Å². The largest absolute Gasteiger partial charge is 0.489 e. The molecule has 6 nitrogen and oxygen atoms in total. The molecule has 2 amide bonds. The van der Waals surface area contributed by atoms with Crippen molar-refractivity contribution in [2.45, 2.75) is 31.8 Å². The van der Waals surface area contributed by atoms with E-state index in [0.29, 0.717) is 23.7 Å². The molecule has 0 radical (unpaired) electrons. The summed E-state index contributed by atoms with van der Waals surface area (Å²) in [6.45, 7) is 1.40. The SMILES string of the molecule is O=C(Nc1ccccc1OC[C@H]1CCCCO1)[C@H]1CC(=O)N(c2cccc(F)c2)C1. The van der Waals surface area contributed by atoms with Gasteiger partial charge in [0, 0.05) is 25.3 Å². The number of amides is 2. The zero-order valence-corrected chi connectivity index (χ0v) is 16.7. The molecule has 0 aliphatic carbocycles. The van der Waals surface area contributed by atoms with Crippen LogP contribution in [-0.4, -0.2) is 37.7 Å². The summed E-state index contributed by atoms with van der Waals surface area (Å²) in [4.78, 5) is 26.7. The monoisotopic (exact) mass is 412 g/mol. The van der Waals surface area contributed by atoms with Crippen LogP contribution in [-0.2, 0) is 14.3 Å². The molecule has 0 spiro atoms. The van der Waals surface area contributed by atoms with Gasteiger partial charge in [0.1, 0.15) is 18.2 Å². The number of nitrogens with one attached hydrogen (secondary N) is 1. The topological polar surface area (TPSA) is 67.9 Å². The molecule has 7 heteroatoms. The lowest BCUT2D eigenvalue weighted by Crippen LogP contribution is -2.28. The number of hydrogen-bond donors (Lipinski definition) is 1. The third kappa shape index (κ3) is 4.79. The number of benzene rings is 2. The quantitative estimate of drug-likeness (QED) is 0.784. The molecule has 2 heterocycles. The third-order valence-corrected chi connectivity index (χ3v) is 5.46. The number of ether oxygens (including phenoxy) is 2. The lowest BCUT2D eigenvalue weighted by atomic mass is 10.1. The van der Waals surface area contributed by atoms with Gasteiger partial charge in [0.25, 0.3) is 0 Å². The van der Waals surface area contributed by atoms with Crippen molar-refractivity contribution in [3.8, 4) is 5.75 Å². The van der Waals surface area contributed by atoms with Gasteiger partial charge in [0.05, 0.1) is 17.7 Å². The highest BCUT2D eigenvalue weighted by Gasteiger charge is 2.35. The van der Waals surface area contributed by atoms with Gasteiger partial charge in [-0.1, -0.05) is 18.2 Å². The number of nitrogens with zero attached hydrogens (tertiary/aromatic N) is 1. The summed E-state index contributed by atoms with van der Waals surface area (Å²) in [5.74, 6) is -0.810. The summed E-state index contributed by atoms with van der Waals surface area (Å²) < 4.78 is 25.1. The van der Waals surface area contributed by atoms with Crippen LogP contribution in [0.15, 0.2) is 48.5 Å². The summed E-state index contributed by atoms with van der Waals surface area (Å²) >= 11 is 0. The molecule has 2 aromatic carbocycles. The molecule has 2 aliphatic heterocycles. The van der Waals surface area contributed by atoms with E-state index < -0.39 is 11.7 Å². The van der Waals surface area contributed by atoms with Gasteiger partial charge in [-0.15, -0.1) is 0 Å². The third-order valence-electron chi connectivity index (χ3n) is 5.46. The van der Waals surface area contributed by atoms with Gasteiger partial charge in [-0.25, -0.2) is 4.39 Å². The first-order valence-electron chi connectivity index (χ1n) is 10.3. The van der Waals surface area contributed by atoms with Crippen molar-refractivity contribution in [2.24, 2.45) is 5.92 Å². The molecule has 0 saturated carbocycles. The Labute approximate surface area is 175 Å². The Morgan fingerprint density at radius 3 is 2.87 bits per heavy atom. The number of para-hydroxylation sites is 2. The van der Waals surface area contributed by atoms with Gasteiger partial charge in [0.15, 0.2) is 0 Å². The Morgan fingerprint density at radius 2 is 2.07 bits per heavy atom. The van der Waals surface area contributed by atoms with Crippen LogP contribution in [0.1, 0.15) is 25.7 Å². The van der Waals surface area contributed by atoms with E-state index in [9.17, 15) is 14.0 Å². The first kappa shape index (κ1) is 20.3. The van der Waals surface area contributed by atoms with Gasteiger partial charge in [0.2, 0.25) is 11.8 Å². The molecule has 2 atom stereocenters. The van der Waals surface area contributed by atoms with E-state index in [1.807, 2.05) is 12.1 Å². The average Bonchev–Trinajstić information content (AvgIpc) is 3.16. The van der Waals surface area contributed by atoms with E-state index in [4.69, 9.17) is 9.47 Å². The minimum absolute atomic E-state index is 0.0646. The van der Waals surface area contributed by atoms with Crippen LogP contribution < -0.4 is 15.0 Å². The van der Waals surface area contributed by atoms with E-state index >= 15 is 0 Å². The zero-order chi connectivity index (χ0) is 20.9. The number of anilines is 2. The van der Waals surface area contributed by atoms with Crippen molar-refractivity contribution in [2.75, 3.05) is 30.0 Å². The second-order valence-corrected chi connectivity index (χ2v) is 7.67. The lowest BCUT2D eigenvalue weighted by molar-refractivity contribution is -0.122. The van der Waals surface area contributed by atoms with Crippen molar-refractivity contribution < 1.29 is 23.5 Å². The van der Waals surface area contributed by atoms with Crippen LogP contribution in [0, 0.1) is 11.7 Å². The van der Waals surface area contributed by atoms with Gasteiger partial charge >= 0.3 is 0 Å². The van der Waals surface area contributed by atoms with Gasteiger partial charge < -0.3 is 19.7 Å². The molecule has 2 fully saturated rings. The highest BCUT2D eigenvalue weighted by atomic mass is 19.1. The highest BCUT2D eigenvalue weighted by Crippen LogP contribution is 2.29. The van der Waals surface area contributed by atoms with Crippen LogP contribution in [0.4, 0.5) is 15.8 Å². The number of halogens is 1. The Balaban J connectivity index is 1.38. The zero-order valence-electron chi connectivity index (χ0n) is 16.7. The van der Waals surface area contributed by atoms with Gasteiger partial charge in [-0.05, 0) is 49.6 Å². The number of carbonyl (C=O) groups excluding carboxylic acids is 2. The molecule has 2 aromatic rings. The fraction of sp³-hybridized carbons (Fsp3) is 0.391. The number of hydrogen-bond acceptors (Lipinski definition) is 4. The molecule has 1 N–H and O–H groups in total. The van der Waals surface area contributed by atoms with E-state index in [1.165, 1.54) is 17.0 Å². The normalized spacial score (nSPS) is 21.5. The first-order chi connectivity index (χ1) is 14.6. The van der Waals surface area contributed by atoms with Crippen LogP contribution in [0.5, 0.6) is 5.75 Å². The summed E-state index contributed by atoms with van der Waals surface area (Å²) in [5, 5.41) is 2.89. The Bertz CT molecular complexity index is 914. The maximum Gasteiger partial charge on any atom is 0.229 e. The van der Waals surface area contributed by atoms with Crippen molar-refractivity contribution in [1.82, 2.24) is 0 Å². The predicted molar refractivity (Wildman–Crippen MR) is 111 cm³/mol. The maximum absolute atomic E-state index is 13.5. The van der Waals surface area contributed by atoms with E-state index in [1.54, 1.807) is 24.3 Å². The van der Waals surface area contributed by atoms with E-state index in [2.05, 4.69) is 5.32 Å². The summed E-state index contributed by atoms with van der Waals surface area (Å²) in [5.41, 5.74) is 1.03. The fourth-order valence-electron chi connectivity index (χ4n) is 3.83. The minimum atomic E-state index is -0.518. The molecule has 0 bridgehead atoms. The Morgan fingerprint density at radius 1 is 1.20 bits per heavy atom. The molecule has 2 aliphatic rings. The van der Waals surface area contributed by atoms with Gasteiger partial charge in [-0.2, -0.15) is 0 Å². The van der Waals surface area contributed by atoms with Crippen molar-refractivity contribution in [3.63, 3.8) is 0 Å². The summed E-state index contributed by atoms with van der Waals surface area (Å²) in [7, 11) is 0. The first-order valence-corrected chi connectivity index (χ1v) is 10.3. The Kier molecular flexibility index (Phi) is 6.28. The molecule has 2 saturated heterocycles. The summed E-state index contributed by atoms with van der Waals surface area (Å²) in [6.07, 6.45) is 3.32. The van der Waals surface area contributed by atoms with Crippen molar-refractivity contribution in [3.05, 3.63) is 54.3 Å². The molecule has 0 aromatic heterocycles. The van der Waals surface area contributed by atoms with Crippen molar-refractivity contribution >= 4 is 23.2 Å². The van der Waals surface area contributed by atoms with E-state index in [-0.39, 0.29) is 30.9 Å². The molecule has 0 unspecified atom stereocenters. The highest BCUT2D eigenvalue weighted by molar-refractivity contribution is 6.03. The average molecular weight is 412 g/mol. The molecule has 30 heavy (non-hydrogen) atoms. The van der Waals surface area contributed by atoms with Crippen LogP contribution in [0.3, 0.4) is 0 Å². The molecule has 158 valence electrons. The standard InChI is InChI=1S/C23H25FN2O4/c24-17-6-5-7-18(13-17)26-14-16(12-22(26)27)23(28)25-20-9-1-2-10-21(20)30-15-19-8-3-4-11-29-19/h1-2,5-7,9-10,13,16,19H,3-4,8,11-12,14-15H2,(H,25,28)/t16-,19+/m0/s1. The summed E-state index contributed by atoms with van der Waals surface area (Å²) in [6, 6.07) is 13.1. The van der Waals surface area contributed by atoms with E-state index in [0.717, 1.165) is 25.9 Å². The lowest BCUT2D eigenvalue weighted by Gasteiger charge is -2.23. The molecular weight excluding hydrogens is 387 g/mol. The smallest absolute Gasteiger partial charge is 0.229 e. The van der Waals surface area contributed by atoms with Crippen molar-refractivity contribution in [1.29, 1.82) is 0 Å². The van der Waals surface area contributed by atoms with Crippen LogP contribution in [0.25, 0.3) is 0 Å². The maximum atomic E-state index is 13.5. The number of carbonyl (C=O) groups is 2. The fourth-order valence-corrected chi connectivity index (χ4v) is 3.83. The predicted octanol–water partition coefficient (Wildman–Crippen LogP) is 3.77. The van der Waals surface area contributed by atoms with Crippen LogP contribution >= 0.6 is 0 Å². The number of rotatable bonds is 6. The minimum Gasteiger partial charge on any atom is -0.489 e. The molecule has 4 rings (SSSR count).